The number of thiophene rings is 3. The second-order valence-electron chi connectivity index (χ2n) is 31.0. The average molecular weight is 1110 g/mol. The van der Waals surface area contributed by atoms with Gasteiger partial charge in [0.05, 0.1) is 24.9 Å². The first-order valence-corrected chi connectivity index (χ1v) is 30.2. The van der Waals surface area contributed by atoms with E-state index in [-0.39, 0.29) is 122 Å². The number of ketones is 6. The zero-order valence-electron chi connectivity index (χ0n) is 50.4. The second-order valence-corrected chi connectivity index (χ2v) is 34.2. The van der Waals surface area contributed by atoms with Gasteiger partial charge < -0.3 is 0 Å². The summed E-state index contributed by atoms with van der Waals surface area (Å²) < 4.78 is 44.9. The molecule has 4 aliphatic rings. The Hall–Kier alpha value is -3.09. The summed E-state index contributed by atoms with van der Waals surface area (Å²) in [5, 5.41) is 0. The summed E-state index contributed by atoms with van der Waals surface area (Å²) in [6, 6.07) is 2.64. The highest BCUT2D eigenvalue weighted by Gasteiger charge is 2.66. The fourth-order valence-electron chi connectivity index (χ4n) is 14.3. The van der Waals surface area contributed by atoms with Crippen LogP contribution in [0.15, 0.2) is 12.1 Å². The third-order valence-corrected chi connectivity index (χ3v) is 27.3. The zero-order valence-corrected chi connectivity index (χ0v) is 52.9. The van der Waals surface area contributed by atoms with E-state index in [2.05, 4.69) is 159 Å². The first kappa shape index (κ1) is 60.5. The van der Waals surface area contributed by atoms with Crippen LogP contribution in [0.4, 0.5) is 13.2 Å². The van der Waals surface area contributed by atoms with Gasteiger partial charge in [0, 0.05) is 32.0 Å². The summed E-state index contributed by atoms with van der Waals surface area (Å²) >= 11 is 2.62. The maximum atomic E-state index is 15.9. The van der Waals surface area contributed by atoms with E-state index in [4.69, 9.17) is 0 Å². The molecule has 76 heavy (non-hydrogen) atoms. The maximum Gasteiger partial charge on any atom is 0.372 e. The minimum Gasteiger partial charge on any atom is -0.293 e. The quantitative estimate of drug-likeness (QED) is 0.141. The van der Waals surface area contributed by atoms with Crippen LogP contribution in [0.25, 0.3) is 19.5 Å². The number of alkyl halides is 3. The van der Waals surface area contributed by atoms with Gasteiger partial charge in [-0.2, -0.15) is 8.78 Å². The highest BCUT2D eigenvalue weighted by Crippen LogP contribution is 2.70. The number of rotatable bonds is 15. The molecule has 0 saturated heterocycles. The molecule has 6 nitrogen and oxygen atoms in total. The predicted octanol–water partition coefficient (Wildman–Crippen LogP) is 19.2. The van der Waals surface area contributed by atoms with E-state index in [9.17, 15) is 28.0 Å². The summed E-state index contributed by atoms with van der Waals surface area (Å²) in [5.74, 6) is -9.94. The Kier molecular flexibility index (Phi) is 14.1. The van der Waals surface area contributed by atoms with Crippen LogP contribution >= 0.6 is 34.0 Å². The Morgan fingerprint density at radius 2 is 0.934 bits per heavy atom. The van der Waals surface area contributed by atoms with Crippen LogP contribution in [0, 0.1) is 77.3 Å². The molecule has 1 saturated carbocycles. The van der Waals surface area contributed by atoms with E-state index in [0.717, 1.165) is 55.3 Å². The normalized spacial score (nSPS) is 24.4. The van der Waals surface area contributed by atoms with E-state index in [1.54, 1.807) is 0 Å². The van der Waals surface area contributed by atoms with Crippen LogP contribution in [-0.2, 0) is 0 Å². The Morgan fingerprint density at radius 1 is 0.500 bits per heavy atom. The number of carbonyl (C=O) groups excluding carboxylic acids is 6. The van der Waals surface area contributed by atoms with Gasteiger partial charge >= 0.3 is 5.92 Å². The van der Waals surface area contributed by atoms with Crippen molar-refractivity contribution in [2.24, 2.45) is 77.3 Å². The molecule has 3 aromatic heterocycles. The van der Waals surface area contributed by atoms with Crippen LogP contribution in [0.3, 0.4) is 0 Å². The van der Waals surface area contributed by atoms with Gasteiger partial charge in [-0.15, -0.1) is 34.0 Å². The Balaban J connectivity index is 1.29. The number of carbonyl (C=O) groups is 6. The lowest BCUT2D eigenvalue weighted by atomic mass is 9.39. The first-order chi connectivity index (χ1) is 33.9. The summed E-state index contributed by atoms with van der Waals surface area (Å²) in [4.78, 5) is 84.7. The molecular formula is C64H89F3O6S3. The standard InChI is InChI=1S/C64H89F3O6S3/c1-25-54(8,9)60(20,21)51(59(18,19)53(5,6)7)61(22,23)56(12,13)27-26-55(10,11)57(14,15)30-33-31-63(32-36(33)58(16,17)52(2,3)4)47(70)39-40(48(63)71)44(38-29-35-42(75-38)50(73)64(66,67)46(35)69)76-43(39)37-28-34-41(74-37)49(72)62(24,65)45(34)68/h28-29,33,36,51H,25-27,30-32H2,1-24H3. The fourth-order valence-corrected chi connectivity index (χ4v) is 18.1. The number of hydrogen-bond donors (Lipinski definition) is 0. The van der Waals surface area contributed by atoms with Crippen molar-refractivity contribution < 1.29 is 41.9 Å². The van der Waals surface area contributed by atoms with E-state index in [1.165, 1.54) is 12.1 Å². The molecule has 7 rings (SSSR count). The van der Waals surface area contributed by atoms with E-state index < -0.39 is 50.6 Å². The molecule has 12 heteroatoms. The molecule has 0 radical (unpaired) electrons. The highest BCUT2D eigenvalue weighted by atomic mass is 32.1. The smallest absolute Gasteiger partial charge is 0.293 e. The molecule has 0 bridgehead atoms. The molecule has 5 atom stereocenters. The molecule has 0 N–H and O–H groups in total. The van der Waals surface area contributed by atoms with Crippen molar-refractivity contribution in [2.75, 3.05) is 0 Å². The summed E-state index contributed by atoms with van der Waals surface area (Å²) in [7, 11) is 0. The first-order valence-electron chi connectivity index (χ1n) is 27.7. The van der Waals surface area contributed by atoms with Gasteiger partial charge in [0.2, 0.25) is 23.0 Å². The molecule has 4 aliphatic carbocycles. The maximum absolute atomic E-state index is 15.9. The zero-order chi connectivity index (χ0) is 58.2. The summed E-state index contributed by atoms with van der Waals surface area (Å²) in [6.07, 6.45) is 4.29. The van der Waals surface area contributed by atoms with E-state index >= 15 is 14.0 Å². The summed E-state index contributed by atoms with van der Waals surface area (Å²) in [5.41, 5.74) is -5.73. The Morgan fingerprint density at radius 3 is 1.36 bits per heavy atom. The lowest BCUT2D eigenvalue weighted by Gasteiger charge is -2.65. The van der Waals surface area contributed by atoms with Crippen LogP contribution in [0.2, 0.25) is 0 Å². The molecule has 1 spiro atoms. The van der Waals surface area contributed by atoms with Crippen molar-refractivity contribution in [1.29, 1.82) is 0 Å². The van der Waals surface area contributed by atoms with Crippen LogP contribution in [-0.4, -0.2) is 46.3 Å². The number of Topliss-reactive ketones (excluding diaryl/α,β-unsaturated/α-hetero) is 6. The Bertz CT molecular complexity index is 2770. The molecule has 0 aromatic carbocycles. The van der Waals surface area contributed by atoms with Crippen LogP contribution < -0.4 is 0 Å². The molecule has 0 amide bonds. The lowest BCUT2D eigenvalue weighted by molar-refractivity contribution is -0.168. The van der Waals surface area contributed by atoms with Gasteiger partial charge in [0.15, 0.2) is 11.6 Å². The van der Waals surface area contributed by atoms with Crippen molar-refractivity contribution in [3.63, 3.8) is 0 Å². The van der Waals surface area contributed by atoms with Crippen molar-refractivity contribution in [1.82, 2.24) is 0 Å². The molecule has 0 aliphatic heterocycles. The largest absolute Gasteiger partial charge is 0.372 e. The van der Waals surface area contributed by atoms with Crippen molar-refractivity contribution in [3.05, 3.63) is 44.1 Å². The summed E-state index contributed by atoms with van der Waals surface area (Å²) in [6.45, 7) is 55.9. The topological polar surface area (TPSA) is 102 Å². The van der Waals surface area contributed by atoms with Gasteiger partial charge in [-0.25, -0.2) is 4.39 Å². The highest BCUT2D eigenvalue weighted by molar-refractivity contribution is 7.28. The number of fused-ring (bicyclic) bond motifs is 3. The van der Waals surface area contributed by atoms with Crippen molar-refractivity contribution >= 4 is 68.7 Å². The second kappa shape index (κ2) is 17.7. The minimum atomic E-state index is -4.20. The molecular weight excluding hydrogens is 1020 g/mol. The minimum absolute atomic E-state index is 0.0135. The monoisotopic (exact) mass is 1110 g/mol. The van der Waals surface area contributed by atoms with Crippen LogP contribution in [0.5, 0.6) is 0 Å². The van der Waals surface area contributed by atoms with E-state index in [1.807, 2.05) is 0 Å². The molecule has 3 heterocycles. The van der Waals surface area contributed by atoms with Gasteiger partial charge in [-0.1, -0.05) is 166 Å². The van der Waals surface area contributed by atoms with Gasteiger partial charge in [-0.05, 0) is 123 Å². The van der Waals surface area contributed by atoms with Crippen molar-refractivity contribution in [3.8, 4) is 19.5 Å². The number of hydrogen-bond acceptors (Lipinski definition) is 9. The van der Waals surface area contributed by atoms with E-state index in [0.29, 0.717) is 27.0 Å². The number of halogens is 3. The van der Waals surface area contributed by atoms with Gasteiger partial charge in [-0.3, -0.25) is 28.8 Å². The van der Waals surface area contributed by atoms with Gasteiger partial charge in [0.1, 0.15) is 0 Å². The third-order valence-electron chi connectivity index (χ3n) is 23.5. The molecule has 1 fully saturated rings. The third kappa shape index (κ3) is 8.42. The van der Waals surface area contributed by atoms with Crippen molar-refractivity contribution in [2.45, 2.75) is 216 Å². The lowest BCUT2D eigenvalue weighted by Crippen LogP contribution is -2.59. The molecule has 3 aromatic rings. The average Bonchev–Trinajstić information content (AvgIpc) is 4.13. The van der Waals surface area contributed by atoms with Crippen LogP contribution in [0.1, 0.15) is 265 Å². The Labute approximate surface area is 465 Å². The molecule has 5 unspecified atom stereocenters. The predicted molar refractivity (Wildman–Crippen MR) is 307 cm³/mol. The SMILES string of the molecule is CCC(C)(C)C(C)(C)C(C(C)(C)C(C)(C)C)C(C)(C)C(C)(C)CCC(C)(C)C(C)(C)CC1CC2(CC1C(C)(C)C(C)(C)C)C(=O)c1c(-c3cc4c(s3)C(=O)C(C)(F)C4=O)sc(-c3cc4c(s3)C(=O)C(F)(F)C4=O)c1C2=O. The van der Waals surface area contributed by atoms with Gasteiger partial charge in [0.25, 0.3) is 5.78 Å². The fraction of sp³-hybridized carbons (Fsp3) is 0.719. The molecule has 420 valence electrons.